The van der Waals surface area contributed by atoms with Gasteiger partial charge in [-0.05, 0) is 60.9 Å². The normalized spacial score (nSPS) is 10.9. The maximum atomic E-state index is 13.4. The second-order valence-electron chi connectivity index (χ2n) is 7.42. The third-order valence-corrected chi connectivity index (χ3v) is 6.84. The summed E-state index contributed by atoms with van der Waals surface area (Å²) < 4.78 is 28.0. The molecule has 0 unspecified atom stereocenters. The van der Waals surface area contributed by atoms with Crippen molar-refractivity contribution in [3.8, 4) is 6.07 Å². The minimum Gasteiger partial charge on any atom is -0.325 e. The first-order valence-corrected chi connectivity index (χ1v) is 11.7. The first-order valence-electron chi connectivity index (χ1n) is 10.3. The molecule has 3 rings (SSSR count). The highest BCUT2D eigenvalue weighted by molar-refractivity contribution is 7.92. The summed E-state index contributed by atoms with van der Waals surface area (Å²) in [4.78, 5) is 12.9. The SMILES string of the molecule is CCc1ccc(N(CC(=O)Nc2ccc(CC#N)cc2)S(=O)(=O)c2ccc(C)cc2)cc1. The second-order valence-corrected chi connectivity index (χ2v) is 9.29. The maximum Gasteiger partial charge on any atom is 0.264 e. The Morgan fingerprint density at radius 2 is 1.53 bits per heavy atom. The van der Waals surface area contributed by atoms with Gasteiger partial charge in [-0.2, -0.15) is 5.26 Å². The average molecular weight is 448 g/mol. The van der Waals surface area contributed by atoms with Gasteiger partial charge in [0.25, 0.3) is 10.0 Å². The van der Waals surface area contributed by atoms with Gasteiger partial charge < -0.3 is 5.32 Å². The third kappa shape index (κ3) is 5.54. The van der Waals surface area contributed by atoms with E-state index in [2.05, 4.69) is 11.4 Å². The Kier molecular flexibility index (Phi) is 7.29. The molecule has 3 aromatic rings. The van der Waals surface area contributed by atoms with E-state index in [-0.39, 0.29) is 17.9 Å². The zero-order valence-corrected chi connectivity index (χ0v) is 18.9. The van der Waals surface area contributed by atoms with Crippen LogP contribution in [0.25, 0.3) is 0 Å². The monoisotopic (exact) mass is 447 g/mol. The Labute approximate surface area is 189 Å². The van der Waals surface area contributed by atoms with Crippen molar-refractivity contribution in [2.75, 3.05) is 16.2 Å². The molecule has 0 aromatic heterocycles. The standard InChI is InChI=1S/C25H25N3O3S/c1-3-20-8-12-23(13-9-20)28(32(30,31)24-14-4-19(2)5-15-24)18-25(29)27-22-10-6-21(7-11-22)16-17-26/h4-15H,3,16,18H2,1-2H3,(H,27,29). The van der Waals surface area contributed by atoms with Gasteiger partial charge >= 0.3 is 0 Å². The van der Waals surface area contributed by atoms with Crippen LogP contribution in [0.5, 0.6) is 0 Å². The van der Waals surface area contributed by atoms with Crippen molar-refractivity contribution in [3.63, 3.8) is 0 Å². The van der Waals surface area contributed by atoms with E-state index in [4.69, 9.17) is 5.26 Å². The number of amides is 1. The smallest absolute Gasteiger partial charge is 0.264 e. The highest BCUT2D eigenvalue weighted by Crippen LogP contribution is 2.25. The van der Waals surface area contributed by atoms with Gasteiger partial charge in [0, 0.05) is 5.69 Å². The van der Waals surface area contributed by atoms with Crippen LogP contribution in [0.15, 0.2) is 77.7 Å². The lowest BCUT2D eigenvalue weighted by Gasteiger charge is -2.24. The van der Waals surface area contributed by atoms with E-state index in [0.717, 1.165) is 27.4 Å². The molecule has 0 aliphatic rings. The number of hydrogen-bond acceptors (Lipinski definition) is 4. The van der Waals surface area contributed by atoms with Crippen molar-refractivity contribution in [3.05, 3.63) is 89.5 Å². The number of benzene rings is 3. The molecule has 0 spiro atoms. The molecule has 0 atom stereocenters. The summed E-state index contributed by atoms with van der Waals surface area (Å²) in [7, 11) is -3.96. The molecule has 0 heterocycles. The number of hydrogen-bond donors (Lipinski definition) is 1. The van der Waals surface area contributed by atoms with Crippen molar-refractivity contribution >= 4 is 27.3 Å². The predicted octanol–water partition coefficient (Wildman–Crippen LogP) is 4.46. The van der Waals surface area contributed by atoms with E-state index in [9.17, 15) is 13.2 Å². The van der Waals surface area contributed by atoms with Crippen LogP contribution in [0.1, 0.15) is 23.6 Å². The summed E-state index contributed by atoms with van der Waals surface area (Å²) in [5, 5.41) is 11.5. The molecule has 1 amide bonds. The number of nitrogens with zero attached hydrogens (tertiary/aromatic N) is 2. The van der Waals surface area contributed by atoms with Gasteiger partial charge in [0.1, 0.15) is 6.54 Å². The minimum absolute atomic E-state index is 0.122. The lowest BCUT2D eigenvalue weighted by atomic mass is 10.1. The van der Waals surface area contributed by atoms with Crippen LogP contribution < -0.4 is 9.62 Å². The molecule has 7 heteroatoms. The van der Waals surface area contributed by atoms with Crippen molar-refractivity contribution in [2.45, 2.75) is 31.6 Å². The summed E-state index contributed by atoms with van der Waals surface area (Å²) in [5.74, 6) is -0.465. The number of rotatable bonds is 8. The quantitative estimate of drug-likeness (QED) is 0.552. The van der Waals surface area contributed by atoms with Gasteiger partial charge in [-0.15, -0.1) is 0 Å². The molecule has 164 valence electrons. The lowest BCUT2D eigenvalue weighted by Crippen LogP contribution is -2.38. The summed E-state index contributed by atoms with van der Waals surface area (Å²) in [6.07, 6.45) is 1.11. The van der Waals surface area contributed by atoms with E-state index in [1.807, 2.05) is 26.0 Å². The van der Waals surface area contributed by atoms with Crippen LogP contribution in [-0.2, 0) is 27.7 Å². The van der Waals surface area contributed by atoms with Crippen molar-refractivity contribution < 1.29 is 13.2 Å². The molecule has 0 saturated heterocycles. The zero-order valence-electron chi connectivity index (χ0n) is 18.1. The molecule has 0 aliphatic carbocycles. The van der Waals surface area contributed by atoms with Gasteiger partial charge in [-0.3, -0.25) is 9.10 Å². The molecule has 0 radical (unpaired) electrons. The van der Waals surface area contributed by atoms with Crippen molar-refractivity contribution in [1.82, 2.24) is 0 Å². The Morgan fingerprint density at radius 3 is 2.09 bits per heavy atom. The number of carbonyl (C=O) groups is 1. The number of carbonyl (C=O) groups excluding carboxylic acids is 1. The van der Waals surface area contributed by atoms with Crippen LogP contribution in [0, 0.1) is 18.3 Å². The van der Waals surface area contributed by atoms with Crippen LogP contribution in [0.3, 0.4) is 0 Å². The Morgan fingerprint density at radius 1 is 0.938 bits per heavy atom. The number of anilines is 2. The summed E-state index contributed by atoms with van der Waals surface area (Å²) in [5.41, 5.74) is 3.81. The number of sulfonamides is 1. The van der Waals surface area contributed by atoms with Crippen LogP contribution in [-0.4, -0.2) is 20.9 Å². The van der Waals surface area contributed by atoms with Crippen molar-refractivity contribution in [2.24, 2.45) is 0 Å². The molecular weight excluding hydrogens is 422 g/mol. The second kappa shape index (κ2) is 10.1. The average Bonchev–Trinajstić information content (AvgIpc) is 2.79. The van der Waals surface area contributed by atoms with E-state index in [1.54, 1.807) is 60.7 Å². The molecule has 6 nitrogen and oxygen atoms in total. The number of nitrogens with one attached hydrogen (secondary N) is 1. The van der Waals surface area contributed by atoms with E-state index >= 15 is 0 Å². The Hall–Kier alpha value is -3.63. The van der Waals surface area contributed by atoms with Crippen LogP contribution in [0.2, 0.25) is 0 Å². The number of aryl methyl sites for hydroxylation is 2. The van der Waals surface area contributed by atoms with E-state index < -0.39 is 15.9 Å². The predicted molar refractivity (Wildman–Crippen MR) is 126 cm³/mol. The highest BCUT2D eigenvalue weighted by atomic mass is 32.2. The fraction of sp³-hybridized carbons (Fsp3) is 0.200. The minimum atomic E-state index is -3.96. The molecule has 0 aliphatic heterocycles. The Bertz CT molecular complexity index is 1210. The van der Waals surface area contributed by atoms with Gasteiger partial charge in [-0.1, -0.05) is 48.9 Å². The first kappa shape index (κ1) is 23.0. The fourth-order valence-electron chi connectivity index (χ4n) is 3.18. The summed E-state index contributed by atoms with van der Waals surface area (Å²) in [6.45, 7) is 3.53. The van der Waals surface area contributed by atoms with Crippen LogP contribution in [0.4, 0.5) is 11.4 Å². The van der Waals surface area contributed by atoms with Gasteiger partial charge in [-0.25, -0.2) is 8.42 Å². The zero-order chi connectivity index (χ0) is 23.1. The number of nitriles is 1. The Balaban J connectivity index is 1.88. The molecular formula is C25H25N3O3S. The van der Waals surface area contributed by atoms with Gasteiger partial charge in [0.05, 0.1) is 23.1 Å². The molecule has 1 N–H and O–H groups in total. The third-order valence-electron chi connectivity index (χ3n) is 5.05. The summed E-state index contributed by atoms with van der Waals surface area (Å²) in [6, 6.07) is 22.7. The van der Waals surface area contributed by atoms with Gasteiger partial charge in [0.2, 0.25) is 5.91 Å². The highest BCUT2D eigenvalue weighted by Gasteiger charge is 2.27. The maximum absolute atomic E-state index is 13.4. The molecule has 0 fully saturated rings. The lowest BCUT2D eigenvalue weighted by molar-refractivity contribution is -0.114. The topological polar surface area (TPSA) is 90.3 Å². The molecule has 3 aromatic carbocycles. The van der Waals surface area contributed by atoms with Gasteiger partial charge in [0.15, 0.2) is 0 Å². The van der Waals surface area contributed by atoms with Crippen molar-refractivity contribution in [1.29, 1.82) is 5.26 Å². The van der Waals surface area contributed by atoms with Crippen LogP contribution >= 0.6 is 0 Å². The largest absolute Gasteiger partial charge is 0.325 e. The fourth-order valence-corrected chi connectivity index (χ4v) is 4.60. The summed E-state index contributed by atoms with van der Waals surface area (Å²) >= 11 is 0. The molecule has 0 bridgehead atoms. The first-order chi connectivity index (χ1) is 15.3. The van der Waals surface area contributed by atoms with E-state index in [1.165, 1.54) is 0 Å². The molecule has 0 saturated carbocycles. The molecule has 32 heavy (non-hydrogen) atoms. The van der Waals surface area contributed by atoms with E-state index in [0.29, 0.717) is 11.4 Å².